The molecule has 0 spiro atoms. The molecule has 4 rings (SSSR count). The summed E-state index contributed by atoms with van der Waals surface area (Å²) >= 11 is 14.0. The first kappa shape index (κ1) is 21.8. The summed E-state index contributed by atoms with van der Waals surface area (Å²) in [4.78, 5) is 27.9. The van der Waals surface area contributed by atoms with Gasteiger partial charge in [0.1, 0.15) is 9.09 Å². The molecule has 0 atom stereocenters. The number of sulfone groups is 1. The van der Waals surface area contributed by atoms with E-state index >= 15 is 0 Å². The monoisotopic (exact) mass is 513 g/mol. The van der Waals surface area contributed by atoms with E-state index in [1.165, 1.54) is 24.5 Å². The Balaban J connectivity index is 1.63. The minimum absolute atomic E-state index is 0.0666. The predicted octanol–water partition coefficient (Wildman–Crippen LogP) is 5.52. The summed E-state index contributed by atoms with van der Waals surface area (Å²) in [5.74, 6) is -0.616. The molecule has 3 aromatic rings. The highest BCUT2D eigenvalue weighted by molar-refractivity contribution is 8.01. The lowest BCUT2D eigenvalue weighted by Gasteiger charge is -2.06. The number of anilines is 1. The molecule has 1 amide bonds. The van der Waals surface area contributed by atoms with Crippen LogP contribution in [0.1, 0.15) is 15.2 Å². The molecule has 0 bridgehead atoms. The molecule has 0 unspecified atom stereocenters. The standard InChI is InChI=1S/C18H9Cl2N3O5S3/c19-11-7-21-8-12(20)16(11)30-18-13(23(25)26)6-14(29-18)17(24)22-10-2-1-9-3-4-31(27,28)15(9)5-10/h1-8H,(H,22,24). The quantitative estimate of drug-likeness (QED) is 0.352. The molecule has 0 fully saturated rings. The van der Waals surface area contributed by atoms with E-state index in [0.29, 0.717) is 10.5 Å². The fraction of sp³-hybridized carbons (Fsp3) is 0. The summed E-state index contributed by atoms with van der Waals surface area (Å²) in [5, 5.41) is 15.6. The molecular weight excluding hydrogens is 505 g/mol. The van der Waals surface area contributed by atoms with Gasteiger partial charge in [-0.3, -0.25) is 19.9 Å². The van der Waals surface area contributed by atoms with Crippen LogP contribution in [0.4, 0.5) is 11.4 Å². The van der Waals surface area contributed by atoms with Crippen molar-refractivity contribution in [1.29, 1.82) is 0 Å². The fourth-order valence-electron chi connectivity index (χ4n) is 2.69. The number of carbonyl (C=O) groups is 1. The largest absolute Gasteiger partial charge is 0.321 e. The zero-order chi connectivity index (χ0) is 22.3. The lowest BCUT2D eigenvalue weighted by molar-refractivity contribution is -0.387. The van der Waals surface area contributed by atoms with Gasteiger partial charge in [-0.1, -0.05) is 41.0 Å². The minimum atomic E-state index is -3.54. The van der Waals surface area contributed by atoms with E-state index in [9.17, 15) is 23.3 Å². The summed E-state index contributed by atoms with van der Waals surface area (Å²) in [6.45, 7) is 0. The zero-order valence-corrected chi connectivity index (χ0v) is 19.0. The number of hydrogen-bond acceptors (Lipinski definition) is 8. The average Bonchev–Trinajstić information content (AvgIpc) is 3.26. The molecule has 1 aliphatic heterocycles. The number of nitro groups is 1. The fourth-order valence-corrected chi connectivity index (χ4v) is 6.68. The van der Waals surface area contributed by atoms with Crippen molar-refractivity contribution in [2.45, 2.75) is 14.0 Å². The summed E-state index contributed by atoms with van der Waals surface area (Å²) in [5.41, 5.74) is 0.501. The van der Waals surface area contributed by atoms with Gasteiger partial charge < -0.3 is 5.32 Å². The average molecular weight is 514 g/mol. The molecule has 0 aliphatic carbocycles. The number of benzene rings is 1. The number of fused-ring (bicyclic) bond motifs is 1. The first-order valence-electron chi connectivity index (χ1n) is 8.29. The zero-order valence-electron chi connectivity index (χ0n) is 15.0. The third-order valence-corrected chi connectivity index (χ3v) is 8.82. The van der Waals surface area contributed by atoms with E-state index in [4.69, 9.17) is 23.2 Å². The third-order valence-electron chi connectivity index (χ3n) is 4.11. The van der Waals surface area contributed by atoms with Crippen LogP contribution in [0.5, 0.6) is 0 Å². The van der Waals surface area contributed by atoms with Gasteiger partial charge in [-0.25, -0.2) is 8.42 Å². The maximum absolute atomic E-state index is 12.7. The SMILES string of the molecule is O=C(Nc1ccc2c(c1)S(=O)(=O)C=C2)c1cc([N+](=O)[O-])c(Sc2c(Cl)cncc2Cl)s1. The second kappa shape index (κ2) is 8.24. The summed E-state index contributed by atoms with van der Waals surface area (Å²) in [7, 11) is -3.54. The molecule has 0 saturated carbocycles. The van der Waals surface area contributed by atoms with Crippen molar-refractivity contribution in [2.24, 2.45) is 0 Å². The highest BCUT2D eigenvalue weighted by Gasteiger charge is 2.26. The first-order chi connectivity index (χ1) is 14.7. The Morgan fingerprint density at radius 1 is 1.19 bits per heavy atom. The van der Waals surface area contributed by atoms with Crippen LogP contribution in [0.3, 0.4) is 0 Å². The van der Waals surface area contributed by atoms with Gasteiger partial charge in [0.2, 0.25) is 9.84 Å². The Labute approximate surface area is 194 Å². The van der Waals surface area contributed by atoms with Crippen LogP contribution in [0.25, 0.3) is 6.08 Å². The molecule has 13 heteroatoms. The van der Waals surface area contributed by atoms with E-state index in [-0.39, 0.29) is 35.4 Å². The molecule has 158 valence electrons. The van der Waals surface area contributed by atoms with Crippen molar-refractivity contribution < 1.29 is 18.1 Å². The molecule has 31 heavy (non-hydrogen) atoms. The van der Waals surface area contributed by atoms with Crippen LogP contribution in [-0.4, -0.2) is 24.2 Å². The number of carbonyl (C=O) groups excluding carboxylic acids is 1. The summed E-state index contributed by atoms with van der Waals surface area (Å²) in [6.07, 6.45) is 4.19. The van der Waals surface area contributed by atoms with Gasteiger partial charge in [0.15, 0.2) is 0 Å². The Morgan fingerprint density at radius 3 is 2.58 bits per heavy atom. The number of amides is 1. The topological polar surface area (TPSA) is 119 Å². The van der Waals surface area contributed by atoms with E-state index in [2.05, 4.69) is 10.3 Å². The number of halogens is 2. The molecular formula is C18H9Cl2N3O5S3. The maximum atomic E-state index is 12.7. The van der Waals surface area contributed by atoms with Gasteiger partial charge in [-0.05, 0) is 23.8 Å². The van der Waals surface area contributed by atoms with E-state index < -0.39 is 20.7 Å². The number of hydrogen-bond donors (Lipinski definition) is 1. The van der Waals surface area contributed by atoms with Crippen LogP contribution in [-0.2, 0) is 9.84 Å². The second-order valence-corrected chi connectivity index (χ2v) is 11.1. The smallest absolute Gasteiger partial charge is 0.294 e. The summed E-state index contributed by atoms with van der Waals surface area (Å²) < 4.78 is 24.2. The van der Waals surface area contributed by atoms with Crippen LogP contribution in [0.15, 0.2) is 56.1 Å². The molecule has 1 aliphatic rings. The van der Waals surface area contributed by atoms with Crippen LogP contribution in [0.2, 0.25) is 10.0 Å². The van der Waals surface area contributed by atoms with Crippen LogP contribution in [0, 0.1) is 10.1 Å². The highest BCUT2D eigenvalue weighted by atomic mass is 35.5. The Bertz CT molecular complexity index is 1370. The van der Waals surface area contributed by atoms with Crippen molar-refractivity contribution in [3.63, 3.8) is 0 Å². The second-order valence-electron chi connectivity index (χ2n) is 6.13. The number of nitrogens with one attached hydrogen (secondary N) is 1. The van der Waals surface area contributed by atoms with Crippen LogP contribution >= 0.6 is 46.3 Å². The molecule has 0 radical (unpaired) electrons. The van der Waals surface area contributed by atoms with Gasteiger partial charge in [0, 0.05) is 29.6 Å². The van der Waals surface area contributed by atoms with Crippen LogP contribution < -0.4 is 5.32 Å². The highest BCUT2D eigenvalue weighted by Crippen LogP contribution is 2.45. The Morgan fingerprint density at radius 2 is 1.90 bits per heavy atom. The van der Waals surface area contributed by atoms with Crippen molar-refractivity contribution >= 4 is 79.5 Å². The van der Waals surface area contributed by atoms with Gasteiger partial charge in [0.25, 0.3) is 11.6 Å². The molecule has 1 aromatic carbocycles. The van der Waals surface area contributed by atoms with Crippen molar-refractivity contribution in [3.05, 3.63) is 72.7 Å². The molecule has 8 nitrogen and oxygen atoms in total. The summed E-state index contributed by atoms with van der Waals surface area (Å²) in [6, 6.07) is 5.61. The number of aromatic nitrogens is 1. The van der Waals surface area contributed by atoms with Crippen molar-refractivity contribution in [2.75, 3.05) is 5.32 Å². The molecule has 3 heterocycles. The number of pyridine rings is 1. The third kappa shape index (κ3) is 4.32. The van der Waals surface area contributed by atoms with E-state index in [1.807, 2.05) is 0 Å². The number of nitrogens with zero attached hydrogens (tertiary/aromatic N) is 2. The first-order valence-corrected chi connectivity index (χ1v) is 12.2. The number of rotatable bonds is 5. The van der Waals surface area contributed by atoms with Crippen molar-refractivity contribution in [3.8, 4) is 0 Å². The number of thiophene rings is 1. The lowest BCUT2D eigenvalue weighted by atomic mass is 10.2. The van der Waals surface area contributed by atoms with Gasteiger partial charge in [-0.15, -0.1) is 11.3 Å². The van der Waals surface area contributed by atoms with Gasteiger partial charge in [-0.2, -0.15) is 0 Å². The maximum Gasteiger partial charge on any atom is 0.294 e. The molecule has 0 saturated heterocycles. The molecule has 1 N–H and O–H groups in total. The van der Waals surface area contributed by atoms with Crippen molar-refractivity contribution in [1.82, 2.24) is 4.98 Å². The van der Waals surface area contributed by atoms with E-state index in [0.717, 1.165) is 34.6 Å². The van der Waals surface area contributed by atoms with E-state index in [1.54, 1.807) is 12.1 Å². The Hall–Kier alpha value is -2.44. The van der Waals surface area contributed by atoms with Gasteiger partial charge in [0.05, 0.1) is 24.8 Å². The van der Waals surface area contributed by atoms with Gasteiger partial charge >= 0.3 is 0 Å². The normalized spacial score (nSPS) is 13.7. The lowest BCUT2D eigenvalue weighted by Crippen LogP contribution is -2.10. The Kier molecular flexibility index (Phi) is 5.79. The predicted molar refractivity (Wildman–Crippen MR) is 120 cm³/mol. The molecule has 2 aromatic heterocycles. The minimum Gasteiger partial charge on any atom is -0.321 e.